The highest BCUT2D eigenvalue weighted by Gasteiger charge is 2.03. The number of likely N-dealkylation sites (N-methyl/N-ethyl adjacent to an activating group) is 1. The van der Waals surface area contributed by atoms with Crippen LogP contribution in [-0.2, 0) is 0 Å². The fraction of sp³-hybridized carbons (Fsp3) is 0.267. The minimum atomic E-state index is -0.944. The first-order chi connectivity index (χ1) is 10.5. The Hall–Kier alpha value is -2.67. The molecule has 0 fully saturated rings. The number of anilines is 3. The molecule has 0 bridgehead atoms. The van der Waals surface area contributed by atoms with E-state index in [1.807, 2.05) is 14.1 Å². The average Bonchev–Trinajstić information content (AvgIpc) is 2.48. The third-order valence-corrected chi connectivity index (χ3v) is 2.94. The Morgan fingerprint density at radius 3 is 2.50 bits per heavy atom. The number of aromatic nitrogens is 2. The normalized spacial score (nSPS) is 10.5. The lowest BCUT2D eigenvalue weighted by atomic mass is 10.2. The molecule has 2 aromatic rings. The molecule has 0 spiro atoms. The smallest absolute Gasteiger partial charge is 0.335 e. The summed E-state index contributed by atoms with van der Waals surface area (Å²) in [6.45, 7) is 1.69. The molecule has 0 radical (unpaired) electrons. The van der Waals surface area contributed by atoms with Crippen LogP contribution in [0.5, 0.6) is 0 Å². The molecule has 0 aliphatic heterocycles. The highest BCUT2D eigenvalue weighted by Crippen LogP contribution is 2.16. The van der Waals surface area contributed by atoms with Crippen molar-refractivity contribution < 1.29 is 9.90 Å². The molecule has 1 heterocycles. The van der Waals surface area contributed by atoms with Crippen LogP contribution in [0.1, 0.15) is 10.4 Å². The van der Waals surface area contributed by atoms with E-state index in [2.05, 4.69) is 25.5 Å². The minimum Gasteiger partial charge on any atom is -0.478 e. The lowest BCUT2D eigenvalue weighted by molar-refractivity contribution is 0.0697. The number of carbonyl (C=O) groups is 1. The van der Waals surface area contributed by atoms with Gasteiger partial charge in [0.25, 0.3) is 0 Å². The maximum absolute atomic E-state index is 10.8. The third-order valence-electron chi connectivity index (χ3n) is 2.94. The van der Waals surface area contributed by atoms with Crippen molar-refractivity contribution in [2.75, 3.05) is 37.8 Å². The van der Waals surface area contributed by atoms with Crippen LogP contribution < -0.4 is 10.6 Å². The van der Waals surface area contributed by atoms with E-state index < -0.39 is 5.97 Å². The topological polar surface area (TPSA) is 90.4 Å². The third kappa shape index (κ3) is 4.71. The first-order valence-electron chi connectivity index (χ1n) is 6.85. The van der Waals surface area contributed by atoms with E-state index in [4.69, 9.17) is 5.11 Å². The Labute approximate surface area is 129 Å². The SMILES string of the molecule is CN(C)CCNc1cc(Nc2ccc(C(=O)O)cc2)ncn1. The summed E-state index contributed by atoms with van der Waals surface area (Å²) in [6.07, 6.45) is 1.48. The van der Waals surface area contributed by atoms with Crippen molar-refractivity contribution in [1.82, 2.24) is 14.9 Å². The van der Waals surface area contributed by atoms with Crippen molar-refractivity contribution in [3.63, 3.8) is 0 Å². The highest BCUT2D eigenvalue weighted by atomic mass is 16.4. The predicted octanol–water partition coefficient (Wildman–Crippen LogP) is 1.89. The number of aromatic carboxylic acids is 1. The van der Waals surface area contributed by atoms with Gasteiger partial charge in [-0.25, -0.2) is 14.8 Å². The molecule has 1 aromatic carbocycles. The lowest BCUT2D eigenvalue weighted by Crippen LogP contribution is -2.21. The molecule has 0 amide bonds. The van der Waals surface area contributed by atoms with Crippen molar-refractivity contribution in [1.29, 1.82) is 0 Å². The number of hydrogen-bond acceptors (Lipinski definition) is 6. The Balaban J connectivity index is 1.99. The van der Waals surface area contributed by atoms with Crippen molar-refractivity contribution in [2.24, 2.45) is 0 Å². The summed E-state index contributed by atoms with van der Waals surface area (Å²) in [5.41, 5.74) is 1.02. The van der Waals surface area contributed by atoms with Crippen molar-refractivity contribution in [2.45, 2.75) is 0 Å². The van der Waals surface area contributed by atoms with Crippen LogP contribution in [0.2, 0.25) is 0 Å². The predicted molar refractivity (Wildman–Crippen MR) is 85.8 cm³/mol. The molecule has 3 N–H and O–H groups in total. The Bertz CT molecular complexity index is 628. The molecule has 22 heavy (non-hydrogen) atoms. The van der Waals surface area contributed by atoms with Gasteiger partial charge in [-0.05, 0) is 38.4 Å². The number of hydrogen-bond donors (Lipinski definition) is 3. The van der Waals surface area contributed by atoms with Gasteiger partial charge in [0.1, 0.15) is 18.0 Å². The molecular formula is C15H19N5O2. The van der Waals surface area contributed by atoms with Gasteiger partial charge in [0.15, 0.2) is 0 Å². The number of carboxylic acid groups (broad SMARTS) is 1. The molecule has 0 atom stereocenters. The van der Waals surface area contributed by atoms with E-state index in [-0.39, 0.29) is 5.56 Å². The molecule has 0 aliphatic rings. The van der Waals surface area contributed by atoms with Gasteiger partial charge in [0.2, 0.25) is 0 Å². The standard InChI is InChI=1S/C15H19N5O2/c1-20(2)8-7-16-13-9-14(18-10-17-13)19-12-5-3-11(4-6-12)15(21)22/h3-6,9-10H,7-8H2,1-2H3,(H,21,22)(H2,16,17,18,19). The summed E-state index contributed by atoms with van der Waals surface area (Å²) in [4.78, 5) is 21.2. The molecule has 7 heteroatoms. The number of rotatable bonds is 7. The van der Waals surface area contributed by atoms with Crippen molar-refractivity contribution in [3.8, 4) is 0 Å². The average molecular weight is 301 g/mol. The van der Waals surface area contributed by atoms with E-state index in [1.165, 1.54) is 6.33 Å². The van der Waals surface area contributed by atoms with Gasteiger partial charge in [-0.1, -0.05) is 0 Å². The molecule has 0 saturated carbocycles. The molecule has 0 unspecified atom stereocenters. The molecule has 116 valence electrons. The van der Waals surface area contributed by atoms with E-state index in [9.17, 15) is 4.79 Å². The lowest BCUT2D eigenvalue weighted by Gasteiger charge is -2.11. The molecule has 0 aliphatic carbocycles. The van der Waals surface area contributed by atoms with Gasteiger partial charge in [-0.2, -0.15) is 0 Å². The summed E-state index contributed by atoms with van der Waals surface area (Å²) in [7, 11) is 4.02. The zero-order chi connectivity index (χ0) is 15.9. The minimum absolute atomic E-state index is 0.249. The summed E-state index contributed by atoms with van der Waals surface area (Å²) in [5.74, 6) is 0.438. The summed E-state index contributed by atoms with van der Waals surface area (Å²) < 4.78 is 0. The van der Waals surface area contributed by atoms with Crippen molar-refractivity contribution in [3.05, 3.63) is 42.2 Å². The van der Waals surface area contributed by atoms with Gasteiger partial charge in [0.05, 0.1) is 5.56 Å². The van der Waals surface area contributed by atoms with Gasteiger partial charge in [-0.3, -0.25) is 0 Å². The Morgan fingerprint density at radius 1 is 1.18 bits per heavy atom. The summed E-state index contributed by atoms with van der Waals surface area (Å²) >= 11 is 0. The fourth-order valence-corrected chi connectivity index (χ4v) is 1.77. The molecule has 1 aromatic heterocycles. The fourth-order valence-electron chi connectivity index (χ4n) is 1.77. The van der Waals surface area contributed by atoms with Crippen LogP contribution in [0.25, 0.3) is 0 Å². The monoisotopic (exact) mass is 301 g/mol. The molecular weight excluding hydrogens is 282 g/mol. The Morgan fingerprint density at radius 2 is 1.86 bits per heavy atom. The van der Waals surface area contributed by atoms with Gasteiger partial charge in [-0.15, -0.1) is 0 Å². The number of nitrogens with one attached hydrogen (secondary N) is 2. The van der Waals surface area contributed by atoms with Gasteiger partial charge in [0, 0.05) is 24.8 Å². The number of benzene rings is 1. The zero-order valence-corrected chi connectivity index (χ0v) is 12.6. The van der Waals surface area contributed by atoms with E-state index in [0.29, 0.717) is 5.82 Å². The van der Waals surface area contributed by atoms with Crippen LogP contribution >= 0.6 is 0 Å². The molecule has 0 saturated heterocycles. The summed E-state index contributed by atoms with van der Waals surface area (Å²) in [6, 6.07) is 8.29. The van der Waals surface area contributed by atoms with Crippen LogP contribution in [0.15, 0.2) is 36.7 Å². The zero-order valence-electron chi connectivity index (χ0n) is 12.6. The Kier molecular flexibility index (Phi) is 5.26. The second-order valence-electron chi connectivity index (χ2n) is 5.03. The van der Waals surface area contributed by atoms with E-state index in [1.54, 1.807) is 30.3 Å². The maximum atomic E-state index is 10.8. The second-order valence-corrected chi connectivity index (χ2v) is 5.03. The second kappa shape index (κ2) is 7.37. The van der Waals surface area contributed by atoms with Crippen molar-refractivity contribution >= 4 is 23.3 Å². The number of nitrogens with zero attached hydrogens (tertiary/aromatic N) is 3. The first kappa shape index (κ1) is 15.7. The quantitative estimate of drug-likeness (QED) is 0.719. The van der Waals surface area contributed by atoms with Gasteiger partial charge < -0.3 is 20.6 Å². The van der Waals surface area contributed by atoms with Crippen LogP contribution in [0.4, 0.5) is 17.3 Å². The molecule has 7 nitrogen and oxygen atoms in total. The van der Waals surface area contributed by atoms with Gasteiger partial charge >= 0.3 is 5.97 Å². The number of carboxylic acids is 1. The molecule has 2 rings (SSSR count). The first-order valence-corrected chi connectivity index (χ1v) is 6.85. The van der Waals surface area contributed by atoms with E-state index >= 15 is 0 Å². The van der Waals surface area contributed by atoms with E-state index in [0.717, 1.165) is 24.6 Å². The maximum Gasteiger partial charge on any atom is 0.335 e. The van der Waals surface area contributed by atoms with Crippen LogP contribution in [0.3, 0.4) is 0 Å². The highest BCUT2D eigenvalue weighted by molar-refractivity contribution is 5.88. The summed E-state index contributed by atoms with van der Waals surface area (Å²) in [5, 5.41) is 15.2. The van der Waals surface area contributed by atoms with Crippen LogP contribution in [0, 0.1) is 0 Å². The van der Waals surface area contributed by atoms with Crippen LogP contribution in [-0.4, -0.2) is 53.1 Å². The largest absolute Gasteiger partial charge is 0.478 e.